The van der Waals surface area contributed by atoms with Gasteiger partial charge in [-0.2, -0.15) is 0 Å². The van der Waals surface area contributed by atoms with E-state index in [4.69, 9.17) is 5.73 Å². The van der Waals surface area contributed by atoms with Crippen LogP contribution < -0.4 is 5.73 Å². The van der Waals surface area contributed by atoms with Crippen LogP contribution in [0.15, 0.2) is 24.3 Å². The van der Waals surface area contributed by atoms with E-state index in [0.29, 0.717) is 0 Å². The third-order valence-electron chi connectivity index (χ3n) is 2.97. The topological polar surface area (TPSA) is 32.5 Å². The summed E-state index contributed by atoms with van der Waals surface area (Å²) in [4.78, 5) is 4.59. The lowest BCUT2D eigenvalue weighted by molar-refractivity contribution is 0.280. The summed E-state index contributed by atoms with van der Waals surface area (Å²) in [5.74, 6) is 0. The smallest absolute Gasteiger partial charge is 0.0346 e. The van der Waals surface area contributed by atoms with Crippen LogP contribution in [-0.2, 0) is 6.42 Å². The second-order valence-electron chi connectivity index (χ2n) is 4.91. The first-order chi connectivity index (χ1) is 8.09. The fraction of sp³-hybridized carbons (Fsp3) is 0.571. The van der Waals surface area contributed by atoms with Crippen LogP contribution in [0.2, 0.25) is 0 Å². The number of hydrogen-bond donors (Lipinski definition) is 1. The average Bonchev–Trinajstić information content (AvgIpc) is 2.29. The molecule has 96 valence electrons. The van der Waals surface area contributed by atoms with Crippen molar-refractivity contribution in [2.45, 2.75) is 12.8 Å². The second kappa shape index (κ2) is 7.30. The van der Waals surface area contributed by atoms with Crippen LogP contribution in [0.5, 0.6) is 0 Å². The van der Waals surface area contributed by atoms with Gasteiger partial charge in [0.2, 0.25) is 0 Å². The average molecular weight is 235 g/mol. The molecule has 0 bridgehead atoms. The zero-order chi connectivity index (χ0) is 12.7. The van der Waals surface area contributed by atoms with E-state index in [1.54, 1.807) is 0 Å². The van der Waals surface area contributed by atoms with E-state index in [0.717, 1.165) is 38.2 Å². The fourth-order valence-corrected chi connectivity index (χ4v) is 1.78. The minimum absolute atomic E-state index is 0.920. The molecular weight excluding hydrogens is 210 g/mol. The summed E-state index contributed by atoms with van der Waals surface area (Å²) in [7, 11) is 6.40. The van der Waals surface area contributed by atoms with Gasteiger partial charge in [0.25, 0.3) is 0 Å². The van der Waals surface area contributed by atoms with Crippen molar-refractivity contribution in [1.29, 1.82) is 0 Å². The van der Waals surface area contributed by atoms with Gasteiger partial charge < -0.3 is 15.5 Å². The maximum absolute atomic E-state index is 5.92. The minimum Gasteiger partial charge on any atom is -0.399 e. The Kier molecular flexibility index (Phi) is 6.01. The van der Waals surface area contributed by atoms with Crippen molar-refractivity contribution in [3.63, 3.8) is 0 Å². The third kappa shape index (κ3) is 5.71. The van der Waals surface area contributed by atoms with Crippen LogP contribution in [0.4, 0.5) is 5.69 Å². The van der Waals surface area contributed by atoms with Crippen LogP contribution in [0, 0.1) is 0 Å². The molecule has 3 nitrogen and oxygen atoms in total. The molecule has 3 heteroatoms. The third-order valence-corrected chi connectivity index (χ3v) is 2.97. The Labute approximate surface area is 105 Å². The zero-order valence-corrected chi connectivity index (χ0v) is 11.3. The second-order valence-corrected chi connectivity index (χ2v) is 4.91. The molecule has 1 aromatic rings. The highest BCUT2D eigenvalue weighted by molar-refractivity contribution is 5.46. The standard InChI is InChI=1S/C14H25N3/c1-16(2)11-12-17(3)10-6-8-13-7-4-5-9-14(13)15/h4-5,7,9H,6,8,10-12,15H2,1-3H3. The van der Waals surface area contributed by atoms with Crippen molar-refractivity contribution in [2.24, 2.45) is 0 Å². The van der Waals surface area contributed by atoms with E-state index in [-0.39, 0.29) is 0 Å². The summed E-state index contributed by atoms with van der Waals surface area (Å²) in [6, 6.07) is 8.14. The number of hydrogen-bond acceptors (Lipinski definition) is 3. The molecule has 1 aromatic carbocycles. The predicted octanol–water partition coefficient (Wildman–Crippen LogP) is 1.69. The molecule has 1 rings (SSSR count). The van der Waals surface area contributed by atoms with Crippen molar-refractivity contribution in [3.05, 3.63) is 29.8 Å². The van der Waals surface area contributed by atoms with Gasteiger partial charge >= 0.3 is 0 Å². The molecule has 0 aromatic heterocycles. The number of rotatable bonds is 7. The van der Waals surface area contributed by atoms with Crippen LogP contribution in [-0.4, -0.2) is 50.6 Å². The van der Waals surface area contributed by atoms with Crippen LogP contribution in [0.3, 0.4) is 0 Å². The summed E-state index contributed by atoms with van der Waals surface area (Å²) < 4.78 is 0. The summed E-state index contributed by atoms with van der Waals surface area (Å²) in [5.41, 5.74) is 8.11. The zero-order valence-electron chi connectivity index (χ0n) is 11.3. The number of aryl methyl sites for hydroxylation is 1. The molecule has 0 amide bonds. The molecule has 0 saturated heterocycles. The molecule has 17 heavy (non-hydrogen) atoms. The van der Waals surface area contributed by atoms with Gasteiger partial charge in [0, 0.05) is 18.8 Å². The summed E-state index contributed by atoms with van der Waals surface area (Å²) >= 11 is 0. The molecule has 0 aliphatic heterocycles. The van der Waals surface area contributed by atoms with Crippen molar-refractivity contribution in [1.82, 2.24) is 9.80 Å². The Morgan fingerprint density at radius 1 is 1.00 bits per heavy atom. The number of para-hydroxylation sites is 1. The molecule has 0 spiro atoms. The first-order valence-electron chi connectivity index (χ1n) is 6.26. The van der Waals surface area contributed by atoms with Gasteiger partial charge in [-0.05, 0) is 52.2 Å². The molecule has 0 heterocycles. The number of nitrogen functional groups attached to an aromatic ring is 1. The Hall–Kier alpha value is -1.06. The van der Waals surface area contributed by atoms with Gasteiger partial charge in [-0.15, -0.1) is 0 Å². The quantitative estimate of drug-likeness (QED) is 0.730. The highest BCUT2D eigenvalue weighted by atomic mass is 15.1. The van der Waals surface area contributed by atoms with E-state index in [2.05, 4.69) is 43.1 Å². The molecule has 0 unspecified atom stereocenters. The van der Waals surface area contributed by atoms with Crippen molar-refractivity contribution in [3.8, 4) is 0 Å². The highest BCUT2D eigenvalue weighted by Crippen LogP contribution is 2.12. The number of benzene rings is 1. The van der Waals surface area contributed by atoms with Crippen molar-refractivity contribution >= 4 is 5.69 Å². The molecule has 2 N–H and O–H groups in total. The Balaban J connectivity index is 2.21. The van der Waals surface area contributed by atoms with Gasteiger partial charge in [-0.25, -0.2) is 0 Å². The van der Waals surface area contributed by atoms with E-state index < -0.39 is 0 Å². The maximum Gasteiger partial charge on any atom is 0.0346 e. The predicted molar refractivity (Wildman–Crippen MR) is 75.2 cm³/mol. The van der Waals surface area contributed by atoms with Gasteiger partial charge in [-0.1, -0.05) is 18.2 Å². The lowest BCUT2D eigenvalue weighted by Gasteiger charge is -2.19. The fourth-order valence-electron chi connectivity index (χ4n) is 1.78. The number of nitrogens with zero attached hydrogens (tertiary/aromatic N) is 2. The molecule has 0 aliphatic carbocycles. The number of nitrogens with two attached hydrogens (primary N) is 1. The van der Waals surface area contributed by atoms with E-state index >= 15 is 0 Å². The molecule has 0 saturated carbocycles. The van der Waals surface area contributed by atoms with Gasteiger partial charge in [0.1, 0.15) is 0 Å². The molecule has 0 radical (unpaired) electrons. The minimum atomic E-state index is 0.920. The SMILES string of the molecule is CN(C)CCN(C)CCCc1ccccc1N. The maximum atomic E-state index is 5.92. The lowest BCUT2D eigenvalue weighted by atomic mass is 10.1. The van der Waals surface area contributed by atoms with Crippen LogP contribution in [0.1, 0.15) is 12.0 Å². The summed E-state index contributed by atoms with van der Waals surface area (Å²) in [6.07, 6.45) is 2.23. The Morgan fingerprint density at radius 2 is 1.71 bits per heavy atom. The Morgan fingerprint density at radius 3 is 2.35 bits per heavy atom. The lowest BCUT2D eigenvalue weighted by Crippen LogP contribution is -2.29. The van der Waals surface area contributed by atoms with Gasteiger partial charge in [0.15, 0.2) is 0 Å². The van der Waals surface area contributed by atoms with E-state index in [1.807, 2.05) is 12.1 Å². The van der Waals surface area contributed by atoms with Crippen LogP contribution in [0.25, 0.3) is 0 Å². The van der Waals surface area contributed by atoms with E-state index in [1.165, 1.54) is 5.56 Å². The van der Waals surface area contributed by atoms with Crippen LogP contribution >= 0.6 is 0 Å². The number of anilines is 1. The monoisotopic (exact) mass is 235 g/mol. The van der Waals surface area contributed by atoms with Gasteiger partial charge in [0.05, 0.1) is 0 Å². The van der Waals surface area contributed by atoms with Crippen molar-refractivity contribution < 1.29 is 0 Å². The highest BCUT2D eigenvalue weighted by Gasteiger charge is 2.01. The molecule has 0 aliphatic rings. The largest absolute Gasteiger partial charge is 0.399 e. The Bertz CT molecular complexity index is 323. The van der Waals surface area contributed by atoms with Crippen molar-refractivity contribution in [2.75, 3.05) is 46.5 Å². The summed E-state index contributed by atoms with van der Waals surface area (Å²) in [6.45, 7) is 3.36. The van der Waals surface area contributed by atoms with E-state index in [9.17, 15) is 0 Å². The normalized spacial score (nSPS) is 11.4. The molecule has 0 atom stereocenters. The first kappa shape index (κ1) is 14.0. The summed E-state index contributed by atoms with van der Waals surface area (Å²) in [5, 5.41) is 0. The number of likely N-dealkylation sites (N-methyl/N-ethyl adjacent to an activating group) is 2. The molecular formula is C14H25N3. The first-order valence-corrected chi connectivity index (χ1v) is 6.26. The molecule has 0 fully saturated rings. The van der Waals surface area contributed by atoms with Gasteiger partial charge in [-0.3, -0.25) is 0 Å².